The molecule has 1 saturated carbocycles. The summed E-state index contributed by atoms with van der Waals surface area (Å²) >= 11 is 0. The average molecular weight is 235 g/mol. The Bertz CT molecular complexity index is 402. The Labute approximate surface area is 100 Å². The van der Waals surface area contributed by atoms with Crippen molar-refractivity contribution in [2.45, 2.75) is 38.6 Å². The predicted molar refractivity (Wildman–Crippen MR) is 65.9 cm³/mol. The van der Waals surface area contributed by atoms with Crippen molar-refractivity contribution >= 4 is 11.4 Å². The Morgan fingerprint density at radius 2 is 2.24 bits per heavy atom. The fraction of sp³-hybridized carbons (Fsp3) is 0.583. The first kappa shape index (κ1) is 11.8. The third-order valence-electron chi connectivity index (χ3n) is 3.49. The molecule has 0 spiro atoms. The third-order valence-corrected chi connectivity index (χ3v) is 3.49. The summed E-state index contributed by atoms with van der Waals surface area (Å²) in [6, 6.07) is 1.95. The molecule has 1 unspecified atom stereocenters. The van der Waals surface area contributed by atoms with E-state index in [9.17, 15) is 10.1 Å². The van der Waals surface area contributed by atoms with Gasteiger partial charge in [-0.2, -0.15) is 0 Å². The van der Waals surface area contributed by atoms with E-state index in [-0.39, 0.29) is 11.7 Å². The number of rotatable bonds is 4. The van der Waals surface area contributed by atoms with Crippen LogP contribution in [-0.4, -0.2) is 15.9 Å². The van der Waals surface area contributed by atoms with E-state index in [1.807, 2.05) is 0 Å². The first-order chi connectivity index (χ1) is 8.18. The SMILES string of the molecule is CC(Nc1ccncc1[N+](=O)[O-])C1CCCC1. The topological polar surface area (TPSA) is 68.1 Å². The van der Waals surface area contributed by atoms with Crippen LogP contribution in [0.5, 0.6) is 0 Å². The van der Waals surface area contributed by atoms with Crippen molar-refractivity contribution in [2.75, 3.05) is 5.32 Å². The van der Waals surface area contributed by atoms with Gasteiger partial charge in [0.15, 0.2) is 0 Å². The van der Waals surface area contributed by atoms with Crippen LogP contribution in [0.25, 0.3) is 0 Å². The summed E-state index contributed by atoms with van der Waals surface area (Å²) in [7, 11) is 0. The monoisotopic (exact) mass is 235 g/mol. The molecule has 1 heterocycles. The molecule has 1 aromatic rings. The lowest BCUT2D eigenvalue weighted by Gasteiger charge is -2.21. The highest BCUT2D eigenvalue weighted by Crippen LogP contribution is 2.31. The second-order valence-electron chi connectivity index (χ2n) is 4.63. The fourth-order valence-corrected chi connectivity index (χ4v) is 2.47. The van der Waals surface area contributed by atoms with Gasteiger partial charge in [0.05, 0.1) is 4.92 Å². The van der Waals surface area contributed by atoms with Gasteiger partial charge in [0, 0.05) is 12.2 Å². The highest BCUT2D eigenvalue weighted by molar-refractivity contribution is 5.60. The van der Waals surface area contributed by atoms with Gasteiger partial charge in [-0.15, -0.1) is 0 Å². The smallest absolute Gasteiger partial charge is 0.310 e. The lowest BCUT2D eigenvalue weighted by Crippen LogP contribution is -2.24. The summed E-state index contributed by atoms with van der Waals surface area (Å²) in [5.41, 5.74) is 0.627. The molecule has 1 aliphatic carbocycles. The summed E-state index contributed by atoms with van der Waals surface area (Å²) < 4.78 is 0. The molecule has 17 heavy (non-hydrogen) atoms. The Kier molecular flexibility index (Phi) is 3.56. The number of hydrogen-bond acceptors (Lipinski definition) is 4. The van der Waals surface area contributed by atoms with Gasteiger partial charge in [0.25, 0.3) is 0 Å². The minimum absolute atomic E-state index is 0.0531. The van der Waals surface area contributed by atoms with Gasteiger partial charge >= 0.3 is 5.69 Å². The van der Waals surface area contributed by atoms with Gasteiger partial charge in [0.1, 0.15) is 11.9 Å². The van der Waals surface area contributed by atoms with Crippen molar-refractivity contribution in [1.82, 2.24) is 4.98 Å². The number of hydrogen-bond donors (Lipinski definition) is 1. The summed E-state index contributed by atoms with van der Waals surface area (Å²) in [6.45, 7) is 2.10. The molecule has 1 atom stereocenters. The summed E-state index contributed by atoms with van der Waals surface area (Å²) in [6.07, 6.45) is 7.85. The van der Waals surface area contributed by atoms with E-state index < -0.39 is 4.92 Å². The molecule has 0 saturated heterocycles. The number of nitrogens with one attached hydrogen (secondary N) is 1. The van der Waals surface area contributed by atoms with Crippen LogP contribution in [-0.2, 0) is 0 Å². The summed E-state index contributed by atoms with van der Waals surface area (Å²) in [4.78, 5) is 14.2. The molecule has 1 fully saturated rings. The molecule has 5 nitrogen and oxygen atoms in total. The summed E-state index contributed by atoms with van der Waals surface area (Å²) in [5, 5.41) is 14.1. The van der Waals surface area contributed by atoms with Gasteiger partial charge < -0.3 is 5.32 Å². The van der Waals surface area contributed by atoms with E-state index in [4.69, 9.17) is 0 Å². The van der Waals surface area contributed by atoms with Gasteiger partial charge in [-0.1, -0.05) is 12.8 Å². The maximum atomic E-state index is 10.9. The molecule has 1 aliphatic rings. The molecule has 0 bridgehead atoms. The van der Waals surface area contributed by atoms with Crippen molar-refractivity contribution in [1.29, 1.82) is 0 Å². The summed E-state index contributed by atoms with van der Waals surface area (Å²) in [5.74, 6) is 0.628. The van der Waals surface area contributed by atoms with E-state index in [1.165, 1.54) is 31.9 Å². The van der Waals surface area contributed by atoms with E-state index in [1.54, 1.807) is 12.3 Å². The predicted octanol–water partition coefficient (Wildman–Crippen LogP) is 2.98. The van der Waals surface area contributed by atoms with E-state index >= 15 is 0 Å². The van der Waals surface area contributed by atoms with Crippen molar-refractivity contribution in [2.24, 2.45) is 5.92 Å². The number of anilines is 1. The molecule has 0 aromatic carbocycles. The standard InChI is InChI=1S/C12H17N3O2/c1-9(10-4-2-3-5-10)14-11-6-7-13-8-12(11)15(16)17/h6-10H,2-5H2,1H3,(H,13,14). The quantitative estimate of drug-likeness (QED) is 0.643. The molecular formula is C12H17N3O2. The van der Waals surface area contributed by atoms with Crippen LogP contribution in [0.1, 0.15) is 32.6 Å². The van der Waals surface area contributed by atoms with Crippen molar-refractivity contribution < 1.29 is 4.92 Å². The molecule has 92 valence electrons. The first-order valence-electron chi connectivity index (χ1n) is 6.03. The third kappa shape index (κ3) is 2.72. The van der Waals surface area contributed by atoms with E-state index in [0.29, 0.717) is 11.6 Å². The molecule has 0 aliphatic heterocycles. The van der Waals surface area contributed by atoms with Crippen LogP contribution in [0.4, 0.5) is 11.4 Å². The van der Waals surface area contributed by atoms with Crippen LogP contribution in [0.3, 0.4) is 0 Å². The molecule has 0 radical (unpaired) electrons. The van der Waals surface area contributed by atoms with Crippen LogP contribution >= 0.6 is 0 Å². The second kappa shape index (κ2) is 5.12. The lowest BCUT2D eigenvalue weighted by atomic mass is 9.99. The van der Waals surface area contributed by atoms with Crippen molar-refractivity contribution in [3.63, 3.8) is 0 Å². The highest BCUT2D eigenvalue weighted by atomic mass is 16.6. The lowest BCUT2D eigenvalue weighted by molar-refractivity contribution is -0.384. The van der Waals surface area contributed by atoms with Gasteiger partial charge in [0.2, 0.25) is 0 Å². The molecule has 2 rings (SSSR count). The zero-order chi connectivity index (χ0) is 12.3. The largest absolute Gasteiger partial charge is 0.377 e. The zero-order valence-corrected chi connectivity index (χ0v) is 9.93. The minimum Gasteiger partial charge on any atom is -0.377 e. The molecule has 1 aromatic heterocycles. The Balaban J connectivity index is 2.09. The molecular weight excluding hydrogens is 218 g/mol. The fourth-order valence-electron chi connectivity index (χ4n) is 2.47. The normalized spacial score (nSPS) is 17.9. The zero-order valence-electron chi connectivity index (χ0n) is 9.93. The van der Waals surface area contributed by atoms with Crippen LogP contribution < -0.4 is 5.32 Å². The van der Waals surface area contributed by atoms with Crippen LogP contribution in [0, 0.1) is 16.0 Å². The van der Waals surface area contributed by atoms with Crippen LogP contribution in [0.15, 0.2) is 18.5 Å². The van der Waals surface area contributed by atoms with Gasteiger partial charge in [-0.3, -0.25) is 15.1 Å². The molecule has 5 heteroatoms. The Morgan fingerprint density at radius 1 is 1.53 bits per heavy atom. The first-order valence-corrected chi connectivity index (χ1v) is 6.03. The van der Waals surface area contributed by atoms with Gasteiger partial charge in [-0.05, 0) is 31.7 Å². The van der Waals surface area contributed by atoms with Crippen molar-refractivity contribution in [3.05, 3.63) is 28.6 Å². The minimum atomic E-state index is -0.392. The van der Waals surface area contributed by atoms with Crippen LogP contribution in [0.2, 0.25) is 0 Å². The maximum absolute atomic E-state index is 10.9. The number of nitrogens with zero attached hydrogens (tertiary/aromatic N) is 2. The maximum Gasteiger partial charge on any atom is 0.310 e. The highest BCUT2D eigenvalue weighted by Gasteiger charge is 2.23. The molecule has 0 amide bonds. The van der Waals surface area contributed by atoms with Crippen molar-refractivity contribution in [3.8, 4) is 0 Å². The number of aromatic nitrogens is 1. The second-order valence-corrected chi connectivity index (χ2v) is 4.63. The molecule has 1 N–H and O–H groups in total. The Hall–Kier alpha value is -1.65. The van der Waals surface area contributed by atoms with Gasteiger partial charge in [-0.25, -0.2) is 0 Å². The number of pyridine rings is 1. The number of nitro groups is 1. The Morgan fingerprint density at radius 3 is 2.88 bits per heavy atom. The average Bonchev–Trinajstić information content (AvgIpc) is 2.83. The van der Waals surface area contributed by atoms with E-state index in [0.717, 1.165) is 0 Å². The van der Waals surface area contributed by atoms with E-state index in [2.05, 4.69) is 17.2 Å².